The van der Waals surface area contributed by atoms with E-state index in [1.165, 1.54) is 18.3 Å². The molecule has 0 spiro atoms. The number of nitrogens with zero attached hydrogens (tertiary/aromatic N) is 6. The molecule has 172 valence electrons. The Balaban J connectivity index is 1.30. The van der Waals surface area contributed by atoms with Crippen LogP contribution in [0.2, 0.25) is 0 Å². The zero-order valence-corrected chi connectivity index (χ0v) is 17.7. The molecule has 0 unspecified atom stereocenters. The molecular weight excluding hydrogens is 429 g/mol. The van der Waals surface area contributed by atoms with Crippen LogP contribution >= 0.6 is 0 Å². The molecule has 2 aliphatic rings. The number of ether oxygens (including phenoxy) is 1. The van der Waals surface area contributed by atoms with Crippen molar-refractivity contribution in [3.8, 4) is 6.01 Å². The summed E-state index contributed by atoms with van der Waals surface area (Å²) in [4.78, 5) is 16.4. The van der Waals surface area contributed by atoms with Crippen molar-refractivity contribution in [3.63, 3.8) is 0 Å². The van der Waals surface area contributed by atoms with E-state index in [-0.39, 0.29) is 11.8 Å². The Hall–Kier alpha value is -3.15. The van der Waals surface area contributed by atoms with Gasteiger partial charge in [0.05, 0.1) is 17.8 Å². The molecule has 32 heavy (non-hydrogen) atoms. The second kappa shape index (κ2) is 8.08. The van der Waals surface area contributed by atoms with E-state index in [0.717, 1.165) is 25.2 Å². The summed E-state index contributed by atoms with van der Waals surface area (Å²) in [6.45, 7) is 7.68. The molecule has 1 aromatic carbocycles. The van der Waals surface area contributed by atoms with Gasteiger partial charge in [0.2, 0.25) is 0 Å². The van der Waals surface area contributed by atoms with Crippen molar-refractivity contribution >= 4 is 11.5 Å². The van der Waals surface area contributed by atoms with Crippen LogP contribution in [0, 0.1) is 10.1 Å². The van der Waals surface area contributed by atoms with Gasteiger partial charge in [0.15, 0.2) is 0 Å². The van der Waals surface area contributed by atoms with Crippen LogP contribution in [-0.4, -0.2) is 68.4 Å². The van der Waals surface area contributed by atoms with Crippen LogP contribution in [0.5, 0.6) is 6.01 Å². The standard InChI is InChI=1S/C20H23F3N6O3/c1-14(15-3-5-16(6-4-15)20(21,22)23)25-28-9-7-26(8-10-28)12-19(2)13-27-11-17(29(30)31)24-18(27)32-19/h3-6,11H,7-10,12-13H2,1-2H3/b25-14+/t19-/m0/s1. The van der Waals surface area contributed by atoms with Crippen LogP contribution < -0.4 is 4.74 Å². The molecule has 3 heterocycles. The number of nitro groups is 1. The number of fused-ring (bicyclic) bond motifs is 1. The van der Waals surface area contributed by atoms with E-state index in [2.05, 4.69) is 15.0 Å². The summed E-state index contributed by atoms with van der Waals surface area (Å²) in [5, 5.41) is 17.3. The van der Waals surface area contributed by atoms with Gasteiger partial charge in [-0.3, -0.25) is 14.5 Å². The van der Waals surface area contributed by atoms with E-state index in [1.54, 1.807) is 11.5 Å². The Morgan fingerprint density at radius 3 is 2.47 bits per heavy atom. The van der Waals surface area contributed by atoms with Crippen molar-refractivity contribution in [1.29, 1.82) is 0 Å². The van der Waals surface area contributed by atoms with Gasteiger partial charge in [-0.2, -0.15) is 18.3 Å². The maximum atomic E-state index is 12.7. The fourth-order valence-electron chi connectivity index (χ4n) is 4.00. The number of aromatic nitrogens is 2. The third kappa shape index (κ3) is 4.69. The number of halogens is 3. The smallest absolute Gasteiger partial charge is 0.416 e. The van der Waals surface area contributed by atoms with Crippen LogP contribution in [0.1, 0.15) is 25.0 Å². The molecule has 0 aliphatic carbocycles. The summed E-state index contributed by atoms with van der Waals surface area (Å²) in [6.07, 6.45) is -2.97. The van der Waals surface area contributed by atoms with E-state index in [1.807, 2.05) is 11.9 Å². The number of rotatable bonds is 5. The van der Waals surface area contributed by atoms with Gasteiger partial charge in [-0.1, -0.05) is 12.1 Å². The normalized spacial score (nSPS) is 22.0. The quantitative estimate of drug-likeness (QED) is 0.394. The highest BCUT2D eigenvalue weighted by atomic mass is 19.4. The number of hydrogen-bond acceptors (Lipinski definition) is 7. The molecule has 0 bridgehead atoms. The number of piperazine rings is 1. The molecule has 0 radical (unpaired) electrons. The fraction of sp³-hybridized carbons (Fsp3) is 0.500. The Kier molecular flexibility index (Phi) is 5.57. The molecule has 2 aromatic rings. The molecule has 4 rings (SSSR count). The van der Waals surface area contributed by atoms with E-state index in [9.17, 15) is 23.3 Å². The molecule has 12 heteroatoms. The van der Waals surface area contributed by atoms with Gasteiger partial charge in [-0.05, 0) is 36.5 Å². The SMILES string of the molecule is C/C(=N\N1CCN(C[C@@]2(C)Cn3cc([N+](=O)[O-])nc3O2)CC1)c1ccc(C(F)(F)F)cc1. The van der Waals surface area contributed by atoms with E-state index >= 15 is 0 Å². The van der Waals surface area contributed by atoms with Gasteiger partial charge < -0.3 is 14.9 Å². The van der Waals surface area contributed by atoms with Crippen molar-refractivity contribution in [1.82, 2.24) is 19.5 Å². The second-order valence-corrected chi connectivity index (χ2v) is 8.31. The monoisotopic (exact) mass is 452 g/mol. The molecule has 1 aromatic heterocycles. The summed E-state index contributed by atoms with van der Waals surface area (Å²) in [5.41, 5.74) is 0.0990. The Morgan fingerprint density at radius 2 is 1.91 bits per heavy atom. The van der Waals surface area contributed by atoms with Crippen molar-refractivity contribution in [3.05, 3.63) is 51.7 Å². The minimum Gasteiger partial charge on any atom is -0.436 e. The number of alkyl halides is 3. The number of hydrogen-bond donors (Lipinski definition) is 0. The van der Waals surface area contributed by atoms with E-state index in [0.29, 0.717) is 37.5 Å². The van der Waals surface area contributed by atoms with Crippen LogP contribution in [0.3, 0.4) is 0 Å². The zero-order chi connectivity index (χ0) is 23.1. The van der Waals surface area contributed by atoms with Crippen molar-refractivity contribution in [2.45, 2.75) is 32.2 Å². The highest BCUT2D eigenvalue weighted by molar-refractivity contribution is 5.98. The number of imidazole rings is 1. The van der Waals surface area contributed by atoms with Crippen molar-refractivity contribution in [2.75, 3.05) is 32.7 Å². The minimum atomic E-state index is -4.35. The van der Waals surface area contributed by atoms with Gasteiger partial charge in [0.1, 0.15) is 11.8 Å². The highest BCUT2D eigenvalue weighted by Crippen LogP contribution is 2.32. The third-order valence-corrected chi connectivity index (χ3v) is 5.58. The lowest BCUT2D eigenvalue weighted by atomic mass is 10.1. The summed E-state index contributed by atoms with van der Waals surface area (Å²) in [5.74, 6) is -0.225. The lowest BCUT2D eigenvalue weighted by Crippen LogP contribution is -2.51. The van der Waals surface area contributed by atoms with Gasteiger partial charge in [0.25, 0.3) is 0 Å². The summed E-state index contributed by atoms with van der Waals surface area (Å²) in [7, 11) is 0. The first-order valence-corrected chi connectivity index (χ1v) is 10.1. The first kappa shape index (κ1) is 22.1. The Labute approximate surface area is 182 Å². The molecule has 1 atom stereocenters. The van der Waals surface area contributed by atoms with Crippen molar-refractivity contribution in [2.24, 2.45) is 5.10 Å². The van der Waals surface area contributed by atoms with Crippen LogP contribution in [-0.2, 0) is 12.7 Å². The predicted molar refractivity (Wildman–Crippen MR) is 110 cm³/mol. The molecule has 1 saturated heterocycles. The summed E-state index contributed by atoms with van der Waals surface area (Å²) >= 11 is 0. The van der Waals surface area contributed by atoms with Crippen LogP contribution in [0.4, 0.5) is 19.0 Å². The summed E-state index contributed by atoms with van der Waals surface area (Å²) in [6, 6.07) is 5.25. The number of benzene rings is 1. The third-order valence-electron chi connectivity index (χ3n) is 5.58. The van der Waals surface area contributed by atoms with Gasteiger partial charge in [-0.15, -0.1) is 0 Å². The average molecular weight is 452 g/mol. The van der Waals surface area contributed by atoms with Crippen LogP contribution in [0.25, 0.3) is 0 Å². The highest BCUT2D eigenvalue weighted by Gasteiger charge is 2.41. The molecule has 9 nitrogen and oxygen atoms in total. The predicted octanol–water partition coefficient (Wildman–Crippen LogP) is 3.00. The van der Waals surface area contributed by atoms with E-state index in [4.69, 9.17) is 4.74 Å². The maximum Gasteiger partial charge on any atom is 0.416 e. The lowest BCUT2D eigenvalue weighted by molar-refractivity contribution is -0.389. The topological polar surface area (TPSA) is 89.0 Å². The molecule has 2 aliphatic heterocycles. The molecule has 0 N–H and O–H groups in total. The van der Waals surface area contributed by atoms with Crippen LogP contribution in [0.15, 0.2) is 35.6 Å². The Morgan fingerprint density at radius 1 is 1.25 bits per heavy atom. The van der Waals surface area contributed by atoms with Gasteiger partial charge in [-0.25, -0.2) is 0 Å². The molecular formula is C20H23F3N6O3. The summed E-state index contributed by atoms with van der Waals surface area (Å²) < 4.78 is 45.7. The van der Waals surface area contributed by atoms with Crippen molar-refractivity contribution < 1.29 is 22.8 Å². The maximum absolute atomic E-state index is 12.7. The lowest BCUT2D eigenvalue weighted by Gasteiger charge is -2.37. The fourth-order valence-corrected chi connectivity index (χ4v) is 4.00. The average Bonchev–Trinajstić information content (AvgIpc) is 3.24. The Bertz CT molecular complexity index is 1000. The first-order chi connectivity index (χ1) is 15.0. The van der Waals surface area contributed by atoms with Gasteiger partial charge >= 0.3 is 18.0 Å². The molecule has 0 amide bonds. The number of hydrazone groups is 1. The minimum absolute atomic E-state index is 0.225. The molecule has 1 fully saturated rings. The first-order valence-electron chi connectivity index (χ1n) is 10.1. The van der Waals surface area contributed by atoms with Gasteiger partial charge in [0, 0.05) is 37.7 Å². The molecule has 0 saturated carbocycles. The largest absolute Gasteiger partial charge is 0.436 e. The second-order valence-electron chi connectivity index (χ2n) is 8.31. The zero-order valence-electron chi connectivity index (χ0n) is 17.7. The van der Waals surface area contributed by atoms with E-state index < -0.39 is 22.3 Å².